The van der Waals surface area contributed by atoms with Gasteiger partial charge in [-0.15, -0.1) is 11.3 Å². The van der Waals surface area contributed by atoms with Gasteiger partial charge in [0.25, 0.3) is 0 Å². The van der Waals surface area contributed by atoms with Crippen LogP contribution >= 0.6 is 11.3 Å². The predicted molar refractivity (Wildman–Crippen MR) is 235 cm³/mol. The highest BCUT2D eigenvalue weighted by Crippen LogP contribution is 2.40. The van der Waals surface area contributed by atoms with Crippen molar-refractivity contribution < 1.29 is 0 Å². The van der Waals surface area contributed by atoms with Crippen LogP contribution in [-0.2, 0) is 0 Å². The van der Waals surface area contributed by atoms with Crippen LogP contribution in [0, 0.1) is 0 Å². The highest BCUT2D eigenvalue weighted by molar-refractivity contribution is 7.26. The lowest BCUT2D eigenvalue weighted by Crippen LogP contribution is -1.92. The summed E-state index contributed by atoms with van der Waals surface area (Å²) in [5.41, 5.74) is 13.5. The van der Waals surface area contributed by atoms with Crippen LogP contribution in [0.3, 0.4) is 0 Å². The fraction of sp³-hybridized carbons (Fsp3) is 0. The Morgan fingerprint density at radius 1 is 0.309 bits per heavy atom. The number of aromatic nitrogens is 2. The summed E-state index contributed by atoms with van der Waals surface area (Å²) >= 11 is 1.88. The standard InChI is InChI=1S/C52H32N2S/c1-3-11-45-42(8-1)43-9-2-4-12-46(43)51-50(45)53-32-48(54-51)40-30-26-38(27-31-40)36-22-18-34(19-23-36)33-16-20-35(21-17-33)37-24-28-39(29-25-37)41-13-7-14-47-44-10-5-6-15-49(44)55-52(41)47/h1-32H. The summed E-state index contributed by atoms with van der Waals surface area (Å²) in [5, 5.41) is 7.34. The molecule has 256 valence electrons. The van der Waals surface area contributed by atoms with Crippen molar-refractivity contribution in [1.29, 1.82) is 0 Å². The molecule has 2 aromatic heterocycles. The second kappa shape index (κ2) is 12.9. The average Bonchev–Trinajstić information content (AvgIpc) is 3.66. The van der Waals surface area contributed by atoms with Gasteiger partial charge in [0.1, 0.15) is 0 Å². The highest BCUT2D eigenvalue weighted by atomic mass is 32.1. The summed E-state index contributed by atoms with van der Waals surface area (Å²) in [5.74, 6) is 0. The third kappa shape index (κ3) is 5.40. The van der Waals surface area contributed by atoms with Gasteiger partial charge in [0.2, 0.25) is 0 Å². The second-order valence-electron chi connectivity index (χ2n) is 14.1. The third-order valence-electron chi connectivity index (χ3n) is 11.0. The van der Waals surface area contributed by atoms with Crippen LogP contribution in [0.5, 0.6) is 0 Å². The molecule has 0 unspecified atom stereocenters. The van der Waals surface area contributed by atoms with E-state index in [1.54, 1.807) is 0 Å². The Hall–Kier alpha value is -6.94. The fourth-order valence-corrected chi connectivity index (χ4v) is 9.36. The predicted octanol–water partition coefficient (Wildman–Crippen LogP) is 14.6. The Morgan fingerprint density at radius 2 is 0.727 bits per heavy atom. The van der Waals surface area contributed by atoms with Crippen molar-refractivity contribution in [2.45, 2.75) is 0 Å². The van der Waals surface area contributed by atoms with Crippen molar-refractivity contribution in [2.24, 2.45) is 0 Å². The zero-order valence-corrected chi connectivity index (χ0v) is 30.6. The first kappa shape index (κ1) is 31.6. The molecule has 11 aromatic rings. The van der Waals surface area contributed by atoms with Crippen LogP contribution in [-0.4, -0.2) is 9.97 Å². The number of fused-ring (bicyclic) bond motifs is 9. The fourth-order valence-electron chi connectivity index (χ4n) is 8.12. The quantitative estimate of drug-likeness (QED) is 0.166. The molecule has 0 aliphatic heterocycles. The molecule has 0 atom stereocenters. The summed E-state index contributed by atoms with van der Waals surface area (Å²) in [6, 6.07) is 67.7. The van der Waals surface area contributed by atoms with Crippen LogP contribution < -0.4 is 0 Å². The Kier molecular flexibility index (Phi) is 7.39. The monoisotopic (exact) mass is 716 g/mol. The van der Waals surface area contributed by atoms with Crippen LogP contribution in [0.25, 0.3) is 109 Å². The van der Waals surface area contributed by atoms with Crippen LogP contribution in [0.1, 0.15) is 0 Å². The molecule has 11 rings (SSSR count). The molecular formula is C52H32N2S. The van der Waals surface area contributed by atoms with Crippen molar-refractivity contribution in [1.82, 2.24) is 9.97 Å². The van der Waals surface area contributed by atoms with E-state index in [-0.39, 0.29) is 0 Å². The van der Waals surface area contributed by atoms with Gasteiger partial charge >= 0.3 is 0 Å². The topological polar surface area (TPSA) is 25.8 Å². The lowest BCUT2D eigenvalue weighted by Gasteiger charge is -2.11. The smallest absolute Gasteiger partial charge is 0.0979 e. The van der Waals surface area contributed by atoms with Crippen molar-refractivity contribution >= 4 is 64.1 Å². The van der Waals surface area contributed by atoms with Crippen molar-refractivity contribution in [3.8, 4) is 55.8 Å². The van der Waals surface area contributed by atoms with E-state index < -0.39 is 0 Å². The van der Waals surface area contributed by atoms with Crippen LogP contribution in [0.2, 0.25) is 0 Å². The summed E-state index contributed by atoms with van der Waals surface area (Å²) in [6.45, 7) is 0. The van der Waals surface area contributed by atoms with Gasteiger partial charge in [-0.2, -0.15) is 0 Å². The largest absolute Gasteiger partial charge is 0.252 e. The Bertz CT molecular complexity index is 3180. The van der Waals surface area contributed by atoms with E-state index in [1.165, 1.54) is 75.5 Å². The van der Waals surface area contributed by atoms with E-state index in [0.29, 0.717) is 0 Å². The lowest BCUT2D eigenvalue weighted by molar-refractivity contribution is 1.31. The Balaban J connectivity index is 0.822. The number of hydrogen-bond donors (Lipinski definition) is 0. The zero-order valence-electron chi connectivity index (χ0n) is 29.8. The maximum absolute atomic E-state index is 5.17. The molecule has 0 aliphatic carbocycles. The molecule has 9 aromatic carbocycles. The van der Waals surface area contributed by atoms with Gasteiger partial charge in [0.15, 0.2) is 0 Å². The minimum absolute atomic E-state index is 0.874. The second-order valence-corrected chi connectivity index (χ2v) is 15.2. The maximum atomic E-state index is 5.17. The zero-order chi connectivity index (χ0) is 36.3. The van der Waals surface area contributed by atoms with Crippen LogP contribution in [0.4, 0.5) is 0 Å². The number of benzene rings is 9. The molecule has 0 N–H and O–H groups in total. The number of hydrogen-bond acceptors (Lipinski definition) is 3. The minimum atomic E-state index is 0.874. The Morgan fingerprint density at radius 3 is 1.27 bits per heavy atom. The van der Waals surface area contributed by atoms with Gasteiger partial charge < -0.3 is 0 Å². The molecule has 55 heavy (non-hydrogen) atoms. The third-order valence-corrected chi connectivity index (χ3v) is 12.2. The van der Waals surface area contributed by atoms with Crippen molar-refractivity contribution in [3.05, 3.63) is 194 Å². The molecule has 2 nitrogen and oxygen atoms in total. The number of thiophene rings is 1. The molecule has 0 bridgehead atoms. The molecule has 0 spiro atoms. The van der Waals surface area contributed by atoms with E-state index in [4.69, 9.17) is 9.97 Å². The van der Waals surface area contributed by atoms with Crippen molar-refractivity contribution in [3.63, 3.8) is 0 Å². The summed E-state index contributed by atoms with van der Waals surface area (Å²) in [4.78, 5) is 10.1. The molecule has 0 radical (unpaired) electrons. The minimum Gasteiger partial charge on any atom is -0.252 e. The Labute approximate surface area is 322 Å². The lowest BCUT2D eigenvalue weighted by atomic mass is 9.96. The summed E-state index contributed by atoms with van der Waals surface area (Å²) < 4.78 is 2.68. The van der Waals surface area contributed by atoms with E-state index in [0.717, 1.165) is 33.1 Å². The molecule has 0 fully saturated rings. The van der Waals surface area contributed by atoms with Gasteiger partial charge in [-0.25, -0.2) is 4.98 Å². The maximum Gasteiger partial charge on any atom is 0.0979 e. The van der Waals surface area contributed by atoms with E-state index in [1.807, 2.05) is 17.5 Å². The van der Waals surface area contributed by atoms with E-state index in [9.17, 15) is 0 Å². The van der Waals surface area contributed by atoms with Gasteiger partial charge in [0.05, 0.1) is 22.9 Å². The molecule has 0 saturated heterocycles. The van der Waals surface area contributed by atoms with Gasteiger partial charge in [0, 0.05) is 36.5 Å². The summed E-state index contributed by atoms with van der Waals surface area (Å²) in [6.07, 6.45) is 1.90. The highest BCUT2D eigenvalue weighted by Gasteiger charge is 2.13. The first-order valence-electron chi connectivity index (χ1n) is 18.6. The van der Waals surface area contributed by atoms with E-state index >= 15 is 0 Å². The first-order valence-corrected chi connectivity index (χ1v) is 19.5. The van der Waals surface area contributed by atoms with E-state index in [2.05, 4.69) is 188 Å². The molecule has 0 amide bonds. The van der Waals surface area contributed by atoms with Crippen LogP contribution in [0.15, 0.2) is 194 Å². The normalized spacial score (nSPS) is 11.6. The average molecular weight is 717 g/mol. The molecule has 3 heteroatoms. The van der Waals surface area contributed by atoms with Crippen molar-refractivity contribution in [2.75, 3.05) is 0 Å². The SMILES string of the molecule is c1ccc2c(c1)sc1c(-c3ccc(-c4ccc(-c5ccc(-c6ccc(-c7cnc8c9ccccc9c9ccccc9c8n7)cc6)cc5)cc4)cc3)cccc12. The molecule has 0 aliphatic rings. The molecule has 2 heterocycles. The first-order chi connectivity index (χ1) is 27.2. The molecular weight excluding hydrogens is 685 g/mol. The van der Waals surface area contributed by atoms with Gasteiger partial charge in [-0.1, -0.05) is 182 Å². The summed E-state index contributed by atoms with van der Waals surface area (Å²) in [7, 11) is 0. The van der Waals surface area contributed by atoms with Gasteiger partial charge in [-0.05, 0) is 61.3 Å². The van der Waals surface area contributed by atoms with Gasteiger partial charge in [-0.3, -0.25) is 4.98 Å². The number of nitrogens with zero attached hydrogens (tertiary/aromatic N) is 2. The molecule has 0 saturated carbocycles. The number of rotatable bonds is 5.